The molecule has 0 bridgehead atoms. The van der Waals surface area contributed by atoms with Gasteiger partial charge in [0.05, 0.1) is 10.7 Å². The predicted molar refractivity (Wildman–Crippen MR) is 88.9 cm³/mol. The first-order valence-electron chi connectivity index (χ1n) is 7.31. The van der Waals surface area contributed by atoms with Crippen LogP contribution >= 0.6 is 11.6 Å². The minimum atomic E-state index is -0.551. The number of rotatable bonds is 4. The van der Waals surface area contributed by atoms with Crippen LogP contribution in [0, 0.1) is 5.82 Å². The topological polar surface area (TPSA) is 58.6 Å². The van der Waals surface area contributed by atoms with Crippen LogP contribution in [0.5, 0.6) is 5.75 Å². The van der Waals surface area contributed by atoms with Crippen molar-refractivity contribution in [3.63, 3.8) is 0 Å². The maximum Gasteiger partial charge on any atom is 0.265 e. The van der Waals surface area contributed by atoms with Crippen molar-refractivity contribution in [2.24, 2.45) is 0 Å². The molecule has 24 heavy (non-hydrogen) atoms. The fraction of sp³-hybridized carbons (Fsp3) is 0.176. The van der Waals surface area contributed by atoms with Gasteiger partial charge in [0, 0.05) is 18.7 Å². The van der Waals surface area contributed by atoms with E-state index in [2.05, 4.69) is 5.32 Å². The average molecular weight is 349 g/mol. The number of nitrogens with zero attached hydrogens (tertiary/aromatic N) is 1. The normalized spacial score (nSPS) is 13.2. The van der Waals surface area contributed by atoms with Gasteiger partial charge in [-0.3, -0.25) is 9.59 Å². The third-order valence-corrected chi connectivity index (χ3v) is 3.86. The standard InChI is InChI=1S/C17H14ClFN2O3/c18-12-9-11(5-6-13(12)19)20-16(22)7-8-21-14-3-1-2-4-15(14)24-10-17(21)23/h1-6,9H,7-8,10H2,(H,20,22). The third-order valence-electron chi connectivity index (χ3n) is 3.57. The molecule has 124 valence electrons. The number of carbonyl (C=O) groups is 2. The highest BCUT2D eigenvalue weighted by atomic mass is 35.5. The Labute approximate surface area is 143 Å². The van der Waals surface area contributed by atoms with E-state index in [1.807, 2.05) is 6.07 Å². The fourth-order valence-corrected chi connectivity index (χ4v) is 2.59. The lowest BCUT2D eigenvalue weighted by Gasteiger charge is -2.29. The molecule has 0 fully saturated rings. The van der Waals surface area contributed by atoms with Gasteiger partial charge in [0.25, 0.3) is 5.91 Å². The number of carbonyl (C=O) groups excluding carboxylic acids is 2. The van der Waals surface area contributed by atoms with Crippen molar-refractivity contribution in [1.82, 2.24) is 0 Å². The van der Waals surface area contributed by atoms with Crippen molar-refractivity contribution in [1.29, 1.82) is 0 Å². The SMILES string of the molecule is O=C(CCN1C(=O)COc2ccccc21)Nc1ccc(F)c(Cl)c1. The number of hydrogen-bond donors (Lipinski definition) is 1. The van der Waals surface area contributed by atoms with E-state index in [9.17, 15) is 14.0 Å². The number of ether oxygens (including phenoxy) is 1. The van der Waals surface area contributed by atoms with E-state index in [1.54, 1.807) is 18.2 Å². The van der Waals surface area contributed by atoms with E-state index < -0.39 is 5.82 Å². The second-order valence-corrected chi connectivity index (χ2v) is 5.64. The molecule has 0 aliphatic carbocycles. The Morgan fingerprint density at radius 1 is 1.29 bits per heavy atom. The quantitative estimate of drug-likeness (QED) is 0.922. The van der Waals surface area contributed by atoms with Gasteiger partial charge in [0.2, 0.25) is 5.91 Å². The van der Waals surface area contributed by atoms with Crippen LogP contribution in [-0.2, 0) is 9.59 Å². The van der Waals surface area contributed by atoms with Gasteiger partial charge in [-0.1, -0.05) is 23.7 Å². The number of nitrogens with one attached hydrogen (secondary N) is 1. The molecule has 2 aromatic carbocycles. The molecule has 1 aliphatic rings. The lowest BCUT2D eigenvalue weighted by atomic mass is 10.2. The summed E-state index contributed by atoms with van der Waals surface area (Å²) in [5.74, 6) is -0.436. The zero-order chi connectivity index (χ0) is 17.1. The number of anilines is 2. The molecule has 2 amide bonds. The van der Waals surface area contributed by atoms with Crippen LogP contribution in [0.2, 0.25) is 5.02 Å². The summed E-state index contributed by atoms with van der Waals surface area (Å²) >= 11 is 5.68. The van der Waals surface area contributed by atoms with E-state index in [0.717, 1.165) is 0 Å². The second kappa shape index (κ2) is 6.88. The van der Waals surface area contributed by atoms with Gasteiger partial charge in [-0.15, -0.1) is 0 Å². The molecule has 1 aliphatic heterocycles. The van der Waals surface area contributed by atoms with Crippen LogP contribution < -0.4 is 15.0 Å². The molecule has 2 aromatic rings. The van der Waals surface area contributed by atoms with Crippen LogP contribution in [0.3, 0.4) is 0 Å². The van der Waals surface area contributed by atoms with Crippen molar-refractivity contribution in [3.05, 3.63) is 53.3 Å². The molecule has 1 N–H and O–H groups in total. The number of fused-ring (bicyclic) bond motifs is 1. The Kier molecular flexibility index (Phi) is 4.66. The number of para-hydroxylation sites is 2. The van der Waals surface area contributed by atoms with Crippen molar-refractivity contribution in [2.75, 3.05) is 23.4 Å². The molecule has 0 saturated heterocycles. The highest BCUT2D eigenvalue weighted by molar-refractivity contribution is 6.31. The zero-order valence-corrected chi connectivity index (χ0v) is 13.3. The van der Waals surface area contributed by atoms with Gasteiger partial charge < -0.3 is 15.0 Å². The van der Waals surface area contributed by atoms with Crippen molar-refractivity contribution in [3.8, 4) is 5.75 Å². The maximum absolute atomic E-state index is 13.1. The summed E-state index contributed by atoms with van der Waals surface area (Å²) in [7, 11) is 0. The van der Waals surface area contributed by atoms with Gasteiger partial charge in [-0.05, 0) is 30.3 Å². The molecule has 5 nitrogen and oxygen atoms in total. The Bertz CT molecular complexity index is 797. The highest BCUT2D eigenvalue weighted by Crippen LogP contribution is 2.31. The largest absolute Gasteiger partial charge is 0.482 e. The Balaban J connectivity index is 1.64. The van der Waals surface area contributed by atoms with Gasteiger partial charge in [0.15, 0.2) is 6.61 Å². The molecule has 7 heteroatoms. The van der Waals surface area contributed by atoms with Crippen molar-refractivity contribution in [2.45, 2.75) is 6.42 Å². The molecule has 0 unspecified atom stereocenters. The van der Waals surface area contributed by atoms with E-state index in [4.69, 9.17) is 16.3 Å². The average Bonchev–Trinajstić information content (AvgIpc) is 2.57. The first-order chi connectivity index (χ1) is 11.5. The molecule has 0 radical (unpaired) electrons. The summed E-state index contributed by atoms with van der Waals surface area (Å²) in [6.07, 6.45) is 0.0923. The molecule has 1 heterocycles. The zero-order valence-electron chi connectivity index (χ0n) is 12.6. The first-order valence-corrected chi connectivity index (χ1v) is 7.69. The minimum absolute atomic E-state index is 0.0494. The van der Waals surface area contributed by atoms with E-state index in [1.165, 1.54) is 23.1 Å². The first kappa shape index (κ1) is 16.3. The minimum Gasteiger partial charge on any atom is -0.482 e. The molecule has 0 aromatic heterocycles. The van der Waals surface area contributed by atoms with Gasteiger partial charge in [-0.25, -0.2) is 4.39 Å². The van der Waals surface area contributed by atoms with E-state index in [-0.39, 0.29) is 36.4 Å². The van der Waals surface area contributed by atoms with Crippen molar-refractivity contribution >= 4 is 34.8 Å². The summed E-state index contributed by atoms with van der Waals surface area (Å²) in [6.45, 7) is 0.173. The number of benzene rings is 2. The molecule has 0 spiro atoms. The number of amides is 2. The molecule has 3 rings (SSSR count). The molecule has 0 atom stereocenters. The predicted octanol–water partition coefficient (Wildman–Crippen LogP) is 3.23. The van der Waals surface area contributed by atoms with Crippen LogP contribution in [0.25, 0.3) is 0 Å². The summed E-state index contributed by atoms with van der Waals surface area (Å²) in [6, 6.07) is 11.1. The van der Waals surface area contributed by atoms with E-state index in [0.29, 0.717) is 17.1 Å². The van der Waals surface area contributed by atoms with Crippen LogP contribution in [-0.4, -0.2) is 25.0 Å². The lowest BCUT2D eigenvalue weighted by Crippen LogP contribution is -2.40. The maximum atomic E-state index is 13.1. The third kappa shape index (κ3) is 3.49. The Morgan fingerprint density at radius 3 is 2.88 bits per heavy atom. The van der Waals surface area contributed by atoms with Crippen LogP contribution in [0.4, 0.5) is 15.8 Å². The molecular weight excluding hydrogens is 335 g/mol. The van der Waals surface area contributed by atoms with Crippen LogP contribution in [0.1, 0.15) is 6.42 Å². The highest BCUT2D eigenvalue weighted by Gasteiger charge is 2.25. The fourth-order valence-electron chi connectivity index (χ4n) is 2.41. The summed E-state index contributed by atoms with van der Waals surface area (Å²) in [5, 5.41) is 2.56. The summed E-state index contributed by atoms with van der Waals surface area (Å²) < 4.78 is 18.5. The second-order valence-electron chi connectivity index (χ2n) is 5.23. The number of halogens is 2. The smallest absolute Gasteiger partial charge is 0.265 e. The molecule has 0 saturated carbocycles. The monoisotopic (exact) mass is 348 g/mol. The van der Waals surface area contributed by atoms with E-state index >= 15 is 0 Å². The van der Waals surface area contributed by atoms with Crippen molar-refractivity contribution < 1.29 is 18.7 Å². The lowest BCUT2D eigenvalue weighted by molar-refractivity contribution is -0.121. The van der Waals surface area contributed by atoms with Gasteiger partial charge in [-0.2, -0.15) is 0 Å². The summed E-state index contributed by atoms with van der Waals surface area (Å²) in [4.78, 5) is 25.6. The van der Waals surface area contributed by atoms with Gasteiger partial charge >= 0.3 is 0 Å². The van der Waals surface area contributed by atoms with Crippen LogP contribution in [0.15, 0.2) is 42.5 Å². The van der Waals surface area contributed by atoms with Gasteiger partial charge in [0.1, 0.15) is 11.6 Å². The summed E-state index contributed by atoms with van der Waals surface area (Å²) in [5.41, 5.74) is 1.05. The Hall–Kier alpha value is -2.60. The molecular formula is C17H14ClFN2O3. The Morgan fingerprint density at radius 2 is 2.08 bits per heavy atom. The number of hydrogen-bond acceptors (Lipinski definition) is 3.